The Kier molecular flexibility index (Phi) is 7.85. The molecule has 0 aromatic heterocycles. The molecule has 3 heteroatoms. The predicted octanol–water partition coefficient (Wildman–Crippen LogP) is 5.10. The van der Waals surface area contributed by atoms with E-state index in [1.54, 1.807) is 0 Å². The first-order valence-corrected chi connectivity index (χ1v) is 13.8. The summed E-state index contributed by atoms with van der Waals surface area (Å²) in [5, 5.41) is 2.98. The van der Waals surface area contributed by atoms with Crippen molar-refractivity contribution >= 4 is 16.1 Å². The van der Waals surface area contributed by atoms with Crippen LogP contribution in [-0.4, -0.2) is 16.1 Å². The van der Waals surface area contributed by atoms with Gasteiger partial charge < -0.3 is 0 Å². The molecule has 103 valence electrons. The Labute approximate surface area is 137 Å². The number of allylic oxidation sites excluding steroid dienone is 8. The first-order valence-electron chi connectivity index (χ1n) is 6.77. The molecule has 0 N–H and O–H groups in total. The van der Waals surface area contributed by atoms with E-state index in [4.69, 9.17) is 0 Å². The minimum atomic E-state index is -1.01. The van der Waals surface area contributed by atoms with Gasteiger partial charge in [0.2, 0.25) is 0 Å². The molecule has 0 bridgehead atoms. The molecule has 0 unspecified atom stereocenters. The van der Waals surface area contributed by atoms with Gasteiger partial charge in [0.15, 0.2) is 0 Å². The van der Waals surface area contributed by atoms with E-state index in [1.807, 2.05) is 0 Å². The quantitative estimate of drug-likeness (QED) is 0.470. The van der Waals surface area contributed by atoms with Crippen LogP contribution < -0.4 is 0 Å². The molecule has 0 aromatic carbocycles. The zero-order valence-electron chi connectivity index (χ0n) is 13.2. The van der Waals surface area contributed by atoms with Gasteiger partial charge in [-0.3, -0.25) is 12.2 Å². The molecule has 0 spiro atoms. The molecule has 0 saturated heterocycles. The molecule has 0 amide bonds. The van der Waals surface area contributed by atoms with Crippen LogP contribution in [0.4, 0.5) is 0 Å². The fourth-order valence-corrected chi connectivity index (χ4v) is 4.34. The Bertz CT molecular complexity index is 361. The zero-order chi connectivity index (χ0) is 13.8. The third-order valence-electron chi connectivity index (χ3n) is 3.01. The van der Waals surface area contributed by atoms with Gasteiger partial charge in [0, 0.05) is 16.1 Å². The molecule has 0 aromatic rings. The van der Waals surface area contributed by atoms with Crippen molar-refractivity contribution in [3.8, 4) is 0 Å². The largest absolute Gasteiger partial charge is 2.00 e. The predicted molar refractivity (Wildman–Crippen MR) is 87.7 cm³/mol. The van der Waals surface area contributed by atoms with Crippen LogP contribution in [-0.2, 0) is 22.4 Å². The van der Waals surface area contributed by atoms with Crippen molar-refractivity contribution < 1.29 is 22.4 Å². The molecular weight excluding hydrogens is 341 g/mol. The molecule has 2 aliphatic rings. The van der Waals surface area contributed by atoms with Gasteiger partial charge in [-0.25, -0.2) is 22.5 Å². The molecule has 0 aliphatic heterocycles. The maximum Gasteiger partial charge on any atom is 2.00 e. The summed E-state index contributed by atoms with van der Waals surface area (Å²) >= 11 is 0. The van der Waals surface area contributed by atoms with Crippen molar-refractivity contribution in [2.45, 2.75) is 52.1 Å². The molecule has 2 aliphatic carbocycles. The standard InChI is InChI=1S/2C8H13Si.Nb/c2*1-9(2,3)8-6-4-5-7-8;/h2*4,6H,5H2,1-3H3;/q2*-1;+2. The van der Waals surface area contributed by atoms with E-state index in [2.05, 4.69) is 75.7 Å². The normalized spacial score (nSPS) is 17.4. The molecule has 1 radical (unpaired) electrons. The minimum absolute atomic E-state index is 0. The SMILES string of the molecule is C[Si](C)(C)C1=[C-]CC=C1.C[Si](C)(C)C1=[C-]CC=C1.[Nb+2]. The van der Waals surface area contributed by atoms with Gasteiger partial charge in [0.1, 0.15) is 0 Å². The molecule has 0 nitrogen and oxygen atoms in total. The van der Waals surface area contributed by atoms with Crippen LogP contribution in [0.15, 0.2) is 34.7 Å². The van der Waals surface area contributed by atoms with E-state index in [1.165, 1.54) is 10.4 Å². The Morgan fingerprint density at radius 2 is 1.05 bits per heavy atom. The summed E-state index contributed by atoms with van der Waals surface area (Å²) in [6, 6.07) is 0. The molecule has 0 atom stereocenters. The summed E-state index contributed by atoms with van der Waals surface area (Å²) in [5.74, 6) is 0. The molecule has 0 heterocycles. The van der Waals surface area contributed by atoms with E-state index >= 15 is 0 Å². The summed E-state index contributed by atoms with van der Waals surface area (Å²) in [4.78, 5) is 0. The van der Waals surface area contributed by atoms with Gasteiger partial charge in [-0.15, -0.1) is 12.8 Å². The first-order chi connectivity index (χ1) is 8.21. The van der Waals surface area contributed by atoms with Gasteiger partial charge >= 0.3 is 22.4 Å². The monoisotopic (exact) mass is 367 g/mol. The summed E-state index contributed by atoms with van der Waals surface area (Å²) in [6.07, 6.45) is 17.6. The number of rotatable bonds is 2. The van der Waals surface area contributed by atoms with Gasteiger partial charge in [-0.2, -0.15) is 12.2 Å². The summed E-state index contributed by atoms with van der Waals surface area (Å²) in [7, 11) is -2.01. The molecule has 19 heavy (non-hydrogen) atoms. The smallest absolute Gasteiger partial charge is 0.274 e. The Morgan fingerprint density at radius 1 is 0.737 bits per heavy atom. The van der Waals surface area contributed by atoms with E-state index in [-0.39, 0.29) is 22.4 Å². The summed E-state index contributed by atoms with van der Waals surface area (Å²) in [5.41, 5.74) is 0. The Balaban J connectivity index is 0.000000324. The van der Waals surface area contributed by atoms with Crippen LogP contribution in [0.3, 0.4) is 0 Å². The second kappa shape index (κ2) is 7.79. The van der Waals surface area contributed by atoms with Crippen LogP contribution in [0.25, 0.3) is 0 Å². The van der Waals surface area contributed by atoms with Gasteiger partial charge in [0.05, 0.1) is 0 Å². The van der Waals surface area contributed by atoms with Gasteiger partial charge in [-0.05, 0) is 0 Å². The maximum atomic E-state index is 3.36. The number of hydrogen-bond donors (Lipinski definition) is 0. The summed E-state index contributed by atoms with van der Waals surface area (Å²) in [6.45, 7) is 14.1. The van der Waals surface area contributed by atoms with E-state index in [0.717, 1.165) is 12.8 Å². The van der Waals surface area contributed by atoms with Crippen LogP contribution in [0.1, 0.15) is 12.8 Å². The van der Waals surface area contributed by atoms with Crippen LogP contribution in [0.2, 0.25) is 39.3 Å². The molecule has 0 saturated carbocycles. The fourth-order valence-electron chi connectivity index (χ4n) is 1.84. The first kappa shape index (κ1) is 19.1. The third kappa shape index (κ3) is 6.91. The van der Waals surface area contributed by atoms with Crippen molar-refractivity contribution in [1.82, 2.24) is 0 Å². The Morgan fingerprint density at radius 3 is 1.16 bits per heavy atom. The van der Waals surface area contributed by atoms with Crippen molar-refractivity contribution in [3.63, 3.8) is 0 Å². The molecule has 2 rings (SSSR count). The molecular formula is C16H26NbSi2. The van der Waals surface area contributed by atoms with Crippen molar-refractivity contribution in [2.75, 3.05) is 0 Å². The van der Waals surface area contributed by atoms with E-state index < -0.39 is 16.1 Å². The second-order valence-corrected chi connectivity index (χ2v) is 17.0. The maximum absolute atomic E-state index is 3.36. The minimum Gasteiger partial charge on any atom is -0.274 e. The van der Waals surface area contributed by atoms with E-state index in [0.29, 0.717) is 0 Å². The molecule has 0 fully saturated rings. The topological polar surface area (TPSA) is 0 Å². The number of hydrogen-bond acceptors (Lipinski definition) is 0. The summed E-state index contributed by atoms with van der Waals surface area (Å²) < 4.78 is 0. The fraction of sp³-hybridized carbons (Fsp3) is 0.500. The van der Waals surface area contributed by atoms with Gasteiger partial charge in [0.25, 0.3) is 0 Å². The second-order valence-electron chi connectivity index (χ2n) is 6.89. The van der Waals surface area contributed by atoms with Crippen LogP contribution >= 0.6 is 0 Å². The average Bonchev–Trinajstić information content (AvgIpc) is 2.91. The Hall–Kier alpha value is 0.134. The van der Waals surface area contributed by atoms with Crippen molar-refractivity contribution in [3.05, 3.63) is 46.8 Å². The van der Waals surface area contributed by atoms with E-state index in [9.17, 15) is 0 Å². The zero-order valence-corrected chi connectivity index (χ0v) is 17.4. The average molecular weight is 367 g/mol. The van der Waals surface area contributed by atoms with Gasteiger partial charge in [-0.1, -0.05) is 39.3 Å². The van der Waals surface area contributed by atoms with Crippen molar-refractivity contribution in [2.24, 2.45) is 0 Å². The van der Waals surface area contributed by atoms with Crippen LogP contribution in [0, 0.1) is 12.2 Å². The third-order valence-corrected chi connectivity index (χ3v) is 6.92. The van der Waals surface area contributed by atoms with Crippen LogP contribution in [0.5, 0.6) is 0 Å². The van der Waals surface area contributed by atoms with Crippen molar-refractivity contribution in [1.29, 1.82) is 0 Å².